The lowest BCUT2D eigenvalue weighted by atomic mass is 10.0. The number of carbonyl (C=O) groups is 2. The second kappa shape index (κ2) is 76.8. The van der Waals surface area contributed by atoms with Crippen LogP contribution in [0.4, 0.5) is 0 Å². The fraction of sp³-hybridized carbons (Fsp3) is 0.926. The third-order valence-corrected chi connectivity index (χ3v) is 19.0. The van der Waals surface area contributed by atoms with Crippen LogP contribution in [0.1, 0.15) is 457 Å². The third kappa shape index (κ3) is 73.3. The molecule has 3 N–H and O–H groups in total. The molecule has 0 rings (SSSR count). The van der Waals surface area contributed by atoms with Crippen molar-refractivity contribution in [2.45, 2.75) is 469 Å². The molecule has 0 saturated heterocycles. The number of hydrogen-bond acceptors (Lipinski definition) is 5. The normalized spacial score (nSPS) is 12.6. The van der Waals surface area contributed by atoms with Crippen LogP contribution in [0.25, 0.3) is 0 Å². The highest BCUT2D eigenvalue weighted by atomic mass is 16.5. The van der Waals surface area contributed by atoms with Crippen LogP contribution in [0.2, 0.25) is 0 Å². The molecular formula is C81H157NO5. The largest absolute Gasteiger partial charge is 0.466 e. The zero-order chi connectivity index (χ0) is 62.8. The van der Waals surface area contributed by atoms with Crippen LogP contribution in [0.15, 0.2) is 24.3 Å². The smallest absolute Gasteiger partial charge is 0.305 e. The van der Waals surface area contributed by atoms with Crippen molar-refractivity contribution >= 4 is 11.9 Å². The number of hydrogen-bond donors (Lipinski definition) is 3. The first-order valence-corrected chi connectivity index (χ1v) is 40.1. The van der Waals surface area contributed by atoms with Crippen molar-refractivity contribution in [1.82, 2.24) is 5.32 Å². The summed E-state index contributed by atoms with van der Waals surface area (Å²) in [5, 5.41) is 23.3. The molecule has 0 saturated carbocycles. The number of ether oxygens (including phenoxy) is 1. The molecule has 0 heterocycles. The zero-order valence-electron chi connectivity index (χ0n) is 59.3. The van der Waals surface area contributed by atoms with Crippen LogP contribution in [-0.2, 0) is 14.3 Å². The van der Waals surface area contributed by atoms with Gasteiger partial charge in [-0.3, -0.25) is 9.59 Å². The summed E-state index contributed by atoms with van der Waals surface area (Å²) in [6.07, 6.45) is 98.8. The van der Waals surface area contributed by atoms with E-state index in [4.69, 9.17) is 4.74 Å². The Bertz CT molecular complexity index is 1360. The van der Waals surface area contributed by atoms with Gasteiger partial charge in [-0.1, -0.05) is 411 Å². The number of esters is 1. The summed E-state index contributed by atoms with van der Waals surface area (Å²) in [4.78, 5) is 24.7. The third-order valence-electron chi connectivity index (χ3n) is 19.0. The summed E-state index contributed by atoms with van der Waals surface area (Å²) in [5.74, 6) is -0.0368. The van der Waals surface area contributed by atoms with E-state index in [2.05, 4.69) is 31.3 Å². The Kier molecular flexibility index (Phi) is 75.3. The lowest BCUT2D eigenvalue weighted by Crippen LogP contribution is -2.45. The van der Waals surface area contributed by atoms with Crippen LogP contribution in [-0.4, -0.2) is 47.4 Å². The van der Waals surface area contributed by atoms with Gasteiger partial charge in [-0.15, -0.1) is 0 Å². The number of nitrogens with one attached hydrogen (secondary N) is 1. The fourth-order valence-corrected chi connectivity index (χ4v) is 12.9. The topological polar surface area (TPSA) is 95.9 Å². The van der Waals surface area contributed by atoms with Crippen LogP contribution in [0.5, 0.6) is 0 Å². The van der Waals surface area contributed by atoms with Crippen molar-refractivity contribution in [2.75, 3.05) is 13.2 Å². The number of rotatable bonds is 76. The number of unbranched alkanes of at least 4 members (excludes halogenated alkanes) is 63. The maximum atomic E-state index is 12.5. The molecule has 0 radical (unpaired) electrons. The van der Waals surface area contributed by atoms with Crippen LogP contribution >= 0.6 is 0 Å². The minimum absolute atomic E-state index is 0.0235. The highest BCUT2D eigenvalue weighted by Crippen LogP contribution is 2.20. The average Bonchev–Trinajstić information content (AvgIpc) is 3.58. The van der Waals surface area contributed by atoms with Crippen LogP contribution in [0, 0.1) is 0 Å². The monoisotopic (exact) mass is 1220 g/mol. The summed E-state index contributed by atoms with van der Waals surface area (Å²) in [5.41, 5.74) is 0. The molecule has 0 aliphatic rings. The second-order valence-corrected chi connectivity index (χ2v) is 27.8. The second-order valence-electron chi connectivity index (χ2n) is 27.8. The molecule has 0 aromatic heterocycles. The molecule has 0 aromatic carbocycles. The Morgan fingerprint density at radius 3 is 0.816 bits per heavy atom. The summed E-state index contributed by atoms with van der Waals surface area (Å²) in [6.45, 7) is 4.96. The Morgan fingerprint density at radius 1 is 0.310 bits per heavy atom. The van der Waals surface area contributed by atoms with Crippen molar-refractivity contribution in [2.24, 2.45) is 0 Å². The number of carbonyl (C=O) groups excluding carboxylic acids is 2. The van der Waals surface area contributed by atoms with Crippen molar-refractivity contribution in [3.8, 4) is 0 Å². The first-order chi connectivity index (χ1) is 43.0. The van der Waals surface area contributed by atoms with Gasteiger partial charge in [0.1, 0.15) is 0 Å². The molecule has 6 heteroatoms. The summed E-state index contributed by atoms with van der Waals surface area (Å²) < 4.78 is 5.51. The van der Waals surface area contributed by atoms with Gasteiger partial charge >= 0.3 is 5.97 Å². The van der Waals surface area contributed by atoms with Gasteiger partial charge in [0.05, 0.1) is 25.4 Å². The highest BCUT2D eigenvalue weighted by Gasteiger charge is 2.18. The lowest BCUT2D eigenvalue weighted by molar-refractivity contribution is -0.143. The number of amides is 1. The average molecular weight is 1230 g/mol. The van der Waals surface area contributed by atoms with E-state index < -0.39 is 12.1 Å². The summed E-state index contributed by atoms with van der Waals surface area (Å²) in [7, 11) is 0. The maximum absolute atomic E-state index is 12.5. The molecule has 0 fully saturated rings. The zero-order valence-corrected chi connectivity index (χ0v) is 59.3. The number of allylic oxidation sites excluding steroid dienone is 3. The molecule has 2 atom stereocenters. The first-order valence-electron chi connectivity index (χ1n) is 40.1. The van der Waals surface area contributed by atoms with Gasteiger partial charge < -0.3 is 20.3 Å². The molecule has 1 amide bonds. The van der Waals surface area contributed by atoms with E-state index >= 15 is 0 Å². The molecule has 0 aliphatic carbocycles. The van der Waals surface area contributed by atoms with Gasteiger partial charge in [0, 0.05) is 12.8 Å². The minimum Gasteiger partial charge on any atom is -0.466 e. The van der Waals surface area contributed by atoms with Crippen LogP contribution < -0.4 is 5.32 Å². The van der Waals surface area contributed by atoms with E-state index in [0.29, 0.717) is 19.4 Å². The first kappa shape index (κ1) is 85.3. The molecule has 0 aromatic rings. The molecule has 0 bridgehead atoms. The van der Waals surface area contributed by atoms with Gasteiger partial charge in [0.15, 0.2) is 0 Å². The van der Waals surface area contributed by atoms with E-state index in [0.717, 1.165) is 38.5 Å². The van der Waals surface area contributed by atoms with Gasteiger partial charge in [-0.2, -0.15) is 0 Å². The Morgan fingerprint density at radius 2 is 0.540 bits per heavy atom. The van der Waals surface area contributed by atoms with E-state index in [1.54, 1.807) is 6.08 Å². The molecule has 0 spiro atoms. The van der Waals surface area contributed by atoms with Gasteiger partial charge in [-0.05, 0) is 57.8 Å². The fourth-order valence-electron chi connectivity index (χ4n) is 12.9. The SMILES string of the molecule is CCCCCCCCCCCCCCCCCCCC/C=C/C(O)C(CO)NC(=O)CCCCCCCCCCCCCCCCCCC/C=C\CCCCCCCCCCCCCCOC(=O)CCCCCCCCCCCCCCCCCCC. The Hall–Kier alpha value is -1.66. The number of aliphatic hydroxyl groups excluding tert-OH is 2. The van der Waals surface area contributed by atoms with Crippen molar-refractivity contribution in [3.63, 3.8) is 0 Å². The van der Waals surface area contributed by atoms with E-state index in [9.17, 15) is 19.8 Å². The van der Waals surface area contributed by atoms with E-state index in [1.807, 2.05) is 6.08 Å². The molecule has 87 heavy (non-hydrogen) atoms. The Balaban J connectivity index is 3.35. The van der Waals surface area contributed by atoms with E-state index in [1.165, 1.54) is 392 Å². The van der Waals surface area contributed by atoms with E-state index in [-0.39, 0.29) is 18.5 Å². The maximum Gasteiger partial charge on any atom is 0.305 e. The van der Waals surface area contributed by atoms with Crippen molar-refractivity contribution < 1.29 is 24.5 Å². The van der Waals surface area contributed by atoms with Crippen LogP contribution in [0.3, 0.4) is 0 Å². The summed E-state index contributed by atoms with van der Waals surface area (Å²) in [6, 6.07) is -0.626. The number of aliphatic hydroxyl groups is 2. The predicted octanol–water partition coefficient (Wildman–Crippen LogP) is 26.4. The molecule has 6 nitrogen and oxygen atoms in total. The minimum atomic E-state index is -0.843. The molecule has 2 unspecified atom stereocenters. The molecular weight excluding hydrogens is 1070 g/mol. The summed E-state index contributed by atoms with van der Waals surface area (Å²) >= 11 is 0. The van der Waals surface area contributed by atoms with Gasteiger partial charge in [0.2, 0.25) is 5.91 Å². The molecule has 0 aliphatic heterocycles. The van der Waals surface area contributed by atoms with Gasteiger partial charge in [0.25, 0.3) is 0 Å². The Labute approximate surface area is 545 Å². The lowest BCUT2D eigenvalue weighted by Gasteiger charge is -2.20. The quantitative estimate of drug-likeness (QED) is 0.0320. The standard InChI is InChI=1S/C81H157NO5/c1-3-5-7-9-11-13-15-17-19-21-22-38-42-45-49-53-57-61-65-69-73-79(84)78(77-83)82-80(85)74-70-66-62-58-54-50-46-43-39-36-34-32-30-28-26-24-23-25-27-29-31-33-35-37-40-44-48-52-56-60-64-68-72-76-87-81(86)75-71-67-63-59-55-51-47-41-20-18-16-14-12-10-8-6-4-2/h27,29,69,73,78-79,83-84H,3-26,28,30-68,70-72,74-77H2,1-2H3,(H,82,85)/b29-27-,73-69+. The molecule has 516 valence electrons. The van der Waals surface area contributed by atoms with Gasteiger partial charge in [-0.25, -0.2) is 0 Å². The van der Waals surface area contributed by atoms with Crippen molar-refractivity contribution in [1.29, 1.82) is 0 Å². The van der Waals surface area contributed by atoms with Crippen molar-refractivity contribution in [3.05, 3.63) is 24.3 Å². The highest BCUT2D eigenvalue weighted by molar-refractivity contribution is 5.76. The predicted molar refractivity (Wildman–Crippen MR) is 384 cm³/mol.